The molecule has 1 amide bonds. The molecule has 0 bridgehead atoms. The zero-order chi connectivity index (χ0) is 16.4. The summed E-state index contributed by atoms with van der Waals surface area (Å²) in [6.45, 7) is 4.92. The van der Waals surface area contributed by atoms with Gasteiger partial charge in [0.25, 0.3) is 0 Å². The number of aryl methyl sites for hydroxylation is 1. The number of nitrogens with two attached hydrogens (primary N) is 1. The lowest BCUT2D eigenvalue weighted by molar-refractivity contribution is -0.121. The molecule has 1 aliphatic heterocycles. The van der Waals surface area contributed by atoms with Crippen LogP contribution in [0, 0.1) is 12.8 Å². The fourth-order valence-corrected chi connectivity index (χ4v) is 3.36. The number of rotatable bonds is 5. The Kier molecular flexibility index (Phi) is 4.68. The first kappa shape index (κ1) is 16.0. The molecule has 1 aromatic carbocycles. The molecule has 1 fully saturated rings. The van der Waals surface area contributed by atoms with Crippen LogP contribution in [0.15, 0.2) is 30.3 Å². The molecule has 2 aromatic rings. The van der Waals surface area contributed by atoms with Crippen LogP contribution in [0.4, 0.5) is 0 Å². The molecule has 0 spiro atoms. The Hall–Kier alpha value is -1.85. The van der Waals surface area contributed by atoms with E-state index in [1.54, 1.807) is 0 Å². The van der Waals surface area contributed by atoms with E-state index in [9.17, 15) is 4.79 Å². The van der Waals surface area contributed by atoms with Crippen LogP contribution < -0.4 is 5.73 Å². The van der Waals surface area contributed by atoms with Gasteiger partial charge in [-0.15, -0.1) is 0 Å². The van der Waals surface area contributed by atoms with E-state index < -0.39 is 0 Å². The molecule has 2 heterocycles. The van der Waals surface area contributed by atoms with Crippen LogP contribution in [-0.4, -0.2) is 33.7 Å². The standard InChI is InChI=1S/C17H21ClN4O/c1-12-15(11-21-8-7-14(10-21)17(19)23)16(18)22(20-12)9-13-5-3-2-4-6-13/h2-6,14H,7-11H2,1H3,(H2,19,23)/t14-/m1/s1. The Morgan fingerprint density at radius 1 is 1.35 bits per heavy atom. The van der Waals surface area contributed by atoms with Crippen molar-refractivity contribution >= 4 is 17.5 Å². The number of hydrogen-bond acceptors (Lipinski definition) is 3. The normalized spacial score (nSPS) is 18.4. The van der Waals surface area contributed by atoms with E-state index in [0.717, 1.165) is 24.2 Å². The van der Waals surface area contributed by atoms with Crippen LogP contribution in [-0.2, 0) is 17.9 Å². The van der Waals surface area contributed by atoms with Crippen LogP contribution in [0.25, 0.3) is 0 Å². The van der Waals surface area contributed by atoms with Gasteiger partial charge in [0.2, 0.25) is 5.91 Å². The lowest BCUT2D eigenvalue weighted by Crippen LogP contribution is -2.27. The summed E-state index contributed by atoms with van der Waals surface area (Å²) in [6, 6.07) is 10.1. The minimum absolute atomic E-state index is 0.0477. The Morgan fingerprint density at radius 2 is 2.09 bits per heavy atom. The highest BCUT2D eigenvalue weighted by molar-refractivity contribution is 6.30. The van der Waals surface area contributed by atoms with Crippen LogP contribution in [0.1, 0.15) is 23.2 Å². The van der Waals surface area contributed by atoms with Crippen LogP contribution in [0.2, 0.25) is 5.15 Å². The van der Waals surface area contributed by atoms with Gasteiger partial charge in [-0.05, 0) is 25.5 Å². The van der Waals surface area contributed by atoms with E-state index in [1.165, 1.54) is 5.56 Å². The first-order chi connectivity index (χ1) is 11.0. The van der Waals surface area contributed by atoms with Gasteiger partial charge in [-0.25, -0.2) is 4.68 Å². The van der Waals surface area contributed by atoms with Crippen molar-refractivity contribution < 1.29 is 4.79 Å². The fraction of sp³-hybridized carbons (Fsp3) is 0.412. The van der Waals surface area contributed by atoms with Gasteiger partial charge in [-0.3, -0.25) is 9.69 Å². The predicted octanol–water partition coefficient (Wildman–Crippen LogP) is 2.20. The first-order valence-corrected chi connectivity index (χ1v) is 8.19. The number of carbonyl (C=O) groups excluding carboxylic acids is 1. The summed E-state index contributed by atoms with van der Waals surface area (Å²) in [5, 5.41) is 5.24. The molecule has 1 aliphatic rings. The average Bonchev–Trinajstić information content (AvgIpc) is 3.10. The Bertz CT molecular complexity index is 698. The second-order valence-corrected chi connectivity index (χ2v) is 6.48. The second kappa shape index (κ2) is 6.72. The number of halogens is 1. The molecule has 2 N–H and O–H groups in total. The van der Waals surface area contributed by atoms with Gasteiger partial charge in [0.1, 0.15) is 5.15 Å². The maximum Gasteiger partial charge on any atom is 0.221 e. The maximum absolute atomic E-state index is 11.3. The molecule has 6 heteroatoms. The fourth-order valence-electron chi connectivity index (χ4n) is 3.06. The van der Waals surface area contributed by atoms with Crippen molar-refractivity contribution in [3.05, 3.63) is 52.3 Å². The van der Waals surface area contributed by atoms with Crippen molar-refractivity contribution in [1.82, 2.24) is 14.7 Å². The lowest BCUT2D eigenvalue weighted by Gasteiger charge is -2.15. The van der Waals surface area contributed by atoms with Crippen molar-refractivity contribution in [2.45, 2.75) is 26.4 Å². The summed E-state index contributed by atoms with van der Waals surface area (Å²) >= 11 is 6.54. The minimum atomic E-state index is -0.213. The number of hydrogen-bond donors (Lipinski definition) is 1. The number of nitrogens with zero attached hydrogens (tertiary/aromatic N) is 3. The summed E-state index contributed by atoms with van der Waals surface area (Å²) < 4.78 is 1.84. The van der Waals surface area contributed by atoms with Crippen LogP contribution >= 0.6 is 11.6 Å². The molecule has 0 radical (unpaired) electrons. The van der Waals surface area contributed by atoms with E-state index in [0.29, 0.717) is 24.8 Å². The summed E-state index contributed by atoms with van der Waals surface area (Å²) in [6.07, 6.45) is 0.824. The predicted molar refractivity (Wildman–Crippen MR) is 90.1 cm³/mol. The molecule has 0 unspecified atom stereocenters. The number of primary amides is 1. The SMILES string of the molecule is Cc1nn(Cc2ccccc2)c(Cl)c1CN1CC[C@@H](C(N)=O)C1. The summed E-state index contributed by atoms with van der Waals surface area (Å²) in [4.78, 5) is 13.5. The molecule has 1 atom stereocenters. The Balaban J connectivity index is 1.72. The third kappa shape index (κ3) is 3.57. The minimum Gasteiger partial charge on any atom is -0.369 e. The Morgan fingerprint density at radius 3 is 2.74 bits per heavy atom. The maximum atomic E-state index is 11.3. The number of carbonyl (C=O) groups is 1. The highest BCUT2D eigenvalue weighted by Crippen LogP contribution is 2.25. The summed E-state index contributed by atoms with van der Waals surface area (Å²) in [7, 11) is 0. The van der Waals surface area contributed by atoms with E-state index in [-0.39, 0.29) is 11.8 Å². The van der Waals surface area contributed by atoms with Gasteiger partial charge in [-0.1, -0.05) is 41.9 Å². The third-order valence-corrected chi connectivity index (χ3v) is 4.84. The average molecular weight is 333 g/mol. The summed E-state index contributed by atoms with van der Waals surface area (Å²) in [5.74, 6) is -0.261. The van der Waals surface area contributed by atoms with Gasteiger partial charge in [0, 0.05) is 18.7 Å². The molecular weight excluding hydrogens is 312 g/mol. The second-order valence-electron chi connectivity index (χ2n) is 6.12. The van der Waals surface area contributed by atoms with Gasteiger partial charge >= 0.3 is 0 Å². The molecular formula is C17H21ClN4O. The number of likely N-dealkylation sites (tertiary alicyclic amines) is 1. The molecule has 1 aromatic heterocycles. The lowest BCUT2D eigenvalue weighted by atomic mass is 10.1. The number of amides is 1. The molecule has 5 nitrogen and oxygen atoms in total. The van der Waals surface area contributed by atoms with Crippen molar-refractivity contribution in [3.8, 4) is 0 Å². The largest absolute Gasteiger partial charge is 0.369 e. The number of benzene rings is 1. The van der Waals surface area contributed by atoms with Crippen LogP contribution in [0.3, 0.4) is 0 Å². The highest BCUT2D eigenvalue weighted by atomic mass is 35.5. The van der Waals surface area contributed by atoms with E-state index in [2.05, 4.69) is 22.1 Å². The van der Waals surface area contributed by atoms with Crippen molar-refractivity contribution in [2.75, 3.05) is 13.1 Å². The third-order valence-electron chi connectivity index (χ3n) is 4.41. The van der Waals surface area contributed by atoms with Gasteiger partial charge in [-0.2, -0.15) is 5.10 Å². The van der Waals surface area contributed by atoms with E-state index in [1.807, 2.05) is 29.8 Å². The zero-order valence-electron chi connectivity index (χ0n) is 13.2. The molecule has 0 aliphatic carbocycles. The monoisotopic (exact) mass is 332 g/mol. The first-order valence-electron chi connectivity index (χ1n) is 7.82. The topological polar surface area (TPSA) is 64.2 Å². The van der Waals surface area contributed by atoms with E-state index >= 15 is 0 Å². The summed E-state index contributed by atoms with van der Waals surface area (Å²) in [5.41, 5.74) is 8.53. The zero-order valence-corrected chi connectivity index (χ0v) is 14.0. The van der Waals surface area contributed by atoms with Crippen LogP contribution in [0.5, 0.6) is 0 Å². The highest BCUT2D eigenvalue weighted by Gasteiger charge is 2.28. The molecule has 3 rings (SSSR count). The molecule has 23 heavy (non-hydrogen) atoms. The van der Waals surface area contributed by atoms with Gasteiger partial charge in [0.05, 0.1) is 18.2 Å². The molecule has 122 valence electrons. The van der Waals surface area contributed by atoms with Crippen molar-refractivity contribution in [3.63, 3.8) is 0 Å². The van der Waals surface area contributed by atoms with E-state index in [4.69, 9.17) is 17.3 Å². The van der Waals surface area contributed by atoms with Gasteiger partial charge in [0.15, 0.2) is 0 Å². The van der Waals surface area contributed by atoms with Gasteiger partial charge < -0.3 is 5.73 Å². The quantitative estimate of drug-likeness (QED) is 0.913. The Labute approximate surface area is 141 Å². The van der Waals surface area contributed by atoms with Crippen molar-refractivity contribution in [2.24, 2.45) is 11.7 Å². The smallest absolute Gasteiger partial charge is 0.221 e. The molecule has 1 saturated heterocycles. The van der Waals surface area contributed by atoms with Crippen molar-refractivity contribution in [1.29, 1.82) is 0 Å². The molecule has 0 saturated carbocycles. The number of aromatic nitrogens is 2.